The number of hydrogen-bond acceptors (Lipinski definition) is 5. The summed E-state index contributed by atoms with van der Waals surface area (Å²) in [6.07, 6.45) is -4.75. The van der Waals surface area contributed by atoms with Crippen LogP contribution in [0.25, 0.3) is 0 Å². The van der Waals surface area contributed by atoms with E-state index < -0.39 is 28.8 Å². The number of carboxylic acids is 1. The summed E-state index contributed by atoms with van der Waals surface area (Å²) in [7, 11) is 0. The van der Waals surface area contributed by atoms with E-state index in [2.05, 4.69) is 5.32 Å². The molecule has 0 atom stereocenters. The lowest BCUT2D eigenvalue weighted by atomic mass is 10.0. The van der Waals surface area contributed by atoms with Gasteiger partial charge in [-0.25, -0.2) is 4.79 Å². The van der Waals surface area contributed by atoms with Crippen LogP contribution in [0.15, 0.2) is 42.5 Å². The maximum atomic E-state index is 13.3. The minimum atomic E-state index is -4.75. The van der Waals surface area contributed by atoms with Crippen LogP contribution in [0, 0.1) is 11.3 Å². The van der Waals surface area contributed by atoms with Crippen LogP contribution in [0.4, 0.5) is 24.5 Å². The van der Waals surface area contributed by atoms with Crippen molar-refractivity contribution in [2.24, 2.45) is 5.73 Å². The second-order valence-corrected chi connectivity index (χ2v) is 7.52. The second kappa shape index (κ2) is 9.84. The number of ether oxygens (including phenoxy) is 1. The summed E-state index contributed by atoms with van der Waals surface area (Å²) in [4.78, 5) is 13.2. The number of nitrogens with zero attached hydrogens (tertiary/aromatic N) is 2. The smallest absolute Gasteiger partial charge is 0.417 e. The van der Waals surface area contributed by atoms with Crippen LogP contribution >= 0.6 is 12.2 Å². The molecule has 0 heterocycles. The van der Waals surface area contributed by atoms with Gasteiger partial charge in [0.05, 0.1) is 17.2 Å². The number of nitriles is 1. The molecule has 11 heteroatoms. The molecule has 0 radical (unpaired) electrons. The first kappa shape index (κ1) is 24.9. The normalized spacial score (nSPS) is 11.4. The molecule has 2 rings (SSSR count). The van der Waals surface area contributed by atoms with Crippen LogP contribution in [0.2, 0.25) is 0 Å². The average Bonchev–Trinajstić information content (AvgIpc) is 2.72. The Balaban J connectivity index is 2.42. The molecule has 0 saturated heterocycles. The van der Waals surface area contributed by atoms with Gasteiger partial charge in [0.15, 0.2) is 5.11 Å². The largest absolute Gasteiger partial charge is 0.492 e. The lowest BCUT2D eigenvalue weighted by Gasteiger charge is -2.37. The number of halogens is 3. The topological polar surface area (TPSA) is 112 Å². The number of anilines is 2. The summed E-state index contributed by atoms with van der Waals surface area (Å²) in [5.74, 6) is -0.700. The fourth-order valence-corrected chi connectivity index (χ4v) is 3.24. The molecule has 0 unspecified atom stereocenters. The number of alkyl halides is 3. The third kappa shape index (κ3) is 5.66. The van der Waals surface area contributed by atoms with E-state index in [1.165, 1.54) is 30.9 Å². The Bertz CT molecular complexity index is 1030. The van der Waals surface area contributed by atoms with Gasteiger partial charge in [0, 0.05) is 17.9 Å². The number of benzene rings is 2. The Morgan fingerprint density at radius 1 is 1.25 bits per heavy atom. The predicted octanol–water partition coefficient (Wildman–Crippen LogP) is 3.98. The van der Waals surface area contributed by atoms with Crippen molar-refractivity contribution in [2.45, 2.75) is 25.6 Å². The molecule has 0 saturated carbocycles. The summed E-state index contributed by atoms with van der Waals surface area (Å²) in [6.45, 7) is 3.42. The first-order valence-corrected chi connectivity index (χ1v) is 9.71. The summed E-state index contributed by atoms with van der Waals surface area (Å²) in [5.41, 5.74) is 2.51. The van der Waals surface area contributed by atoms with Crippen LogP contribution in [0.3, 0.4) is 0 Å². The minimum absolute atomic E-state index is 0.0459. The number of rotatable bonds is 7. The molecular formula is C21H21F3N4O3S. The third-order valence-corrected chi connectivity index (χ3v) is 4.75. The van der Waals surface area contributed by atoms with Crippen molar-refractivity contribution in [3.05, 3.63) is 53.6 Å². The van der Waals surface area contributed by atoms with Crippen molar-refractivity contribution in [1.29, 1.82) is 5.26 Å². The molecule has 0 aliphatic heterocycles. The van der Waals surface area contributed by atoms with Crippen LogP contribution in [0.1, 0.15) is 25.0 Å². The van der Waals surface area contributed by atoms with Crippen molar-refractivity contribution in [3.63, 3.8) is 0 Å². The number of nitrogens with two attached hydrogens (primary N) is 1. The fraction of sp³-hybridized carbons (Fsp3) is 0.286. The Morgan fingerprint density at radius 3 is 2.38 bits per heavy atom. The molecule has 0 amide bonds. The van der Waals surface area contributed by atoms with Gasteiger partial charge in [-0.05, 0) is 68.5 Å². The molecule has 0 aromatic heterocycles. The van der Waals surface area contributed by atoms with E-state index >= 15 is 0 Å². The lowest BCUT2D eigenvalue weighted by Crippen LogP contribution is -2.54. The number of aliphatic carboxylic acids is 1. The molecule has 170 valence electrons. The van der Waals surface area contributed by atoms with E-state index in [0.717, 1.165) is 12.1 Å². The van der Waals surface area contributed by atoms with Gasteiger partial charge in [-0.1, -0.05) is 0 Å². The molecule has 0 bridgehead atoms. The maximum absolute atomic E-state index is 13.3. The van der Waals surface area contributed by atoms with Gasteiger partial charge in [-0.3, -0.25) is 0 Å². The number of thiocarbonyl (C=S) groups is 1. The van der Waals surface area contributed by atoms with Crippen LogP contribution in [-0.2, 0) is 11.0 Å². The maximum Gasteiger partial charge on any atom is 0.417 e. The number of nitrogens with one attached hydrogen (secondary N) is 1. The Hall–Kier alpha value is -3.36. The third-order valence-electron chi connectivity index (χ3n) is 4.46. The first-order valence-electron chi connectivity index (χ1n) is 9.30. The van der Waals surface area contributed by atoms with Gasteiger partial charge in [0.2, 0.25) is 0 Å². The highest BCUT2D eigenvalue weighted by Gasteiger charge is 2.38. The van der Waals surface area contributed by atoms with Gasteiger partial charge in [0.25, 0.3) is 0 Å². The highest BCUT2D eigenvalue weighted by atomic mass is 32.1. The van der Waals surface area contributed by atoms with Crippen LogP contribution in [-0.4, -0.2) is 34.9 Å². The van der Waals surface area contributed by atoms with E-state index in [4.69, 9.17) is 28.0 Å². The molecule has 0 fully saturated rings. The average molecular weight is 466 g/mol. The Kier molecular flexibility index (Phi) is 7.66. The quantitative estimate of drug-likeness (QED) is 0.526. The van der Waals surface area contributed by atoms with E-state index in [9.17, 15) is 23.1 Å². The van der Waals surface area contributed by atoms with E-state index in [-0.39, 0.29) is 10.8 Å². The standard InChI is InChI=1S/C21H21F3N4O3S/c1-20(2,18(29)30)28(15-5-7-16(8-6-15)31-10-9-25)19(32)27-14-4-3-13(12-26)17(11-14)21(22,23)24/h3-8,11H,9-10,25H2,1-2H3,(H,27,32)(H,29,30). The SMILES string of the molecule is CC(C)(C(=O)O)N(C(=S)Nc1ccc(C#N)c(C(F)(F)F)c1)c1ccc(OCCN)cc1. The van der Waals surface area contributed by atoms with E-state index in [1.54, 1.807) is 24.3 Å². The first-order chi connectivity index (χ1) is 14.9. The van der Waals surface area contributed by atoms with Gasteiger partial charge in [-0.2, -0.15) is 18.4 Å². The molecule has 4 N–H and O–H groups in total. The number of carboxylic acid groups (broad SMARTS) is 1. The number of hydrogen-bond donors (Lipinski definition) is 3. The van der Waals surface area contributed by atoms with Crippen molar-refractivity contribution < 1.29 is 27.8 Å². The molecular weight excluding hydrogens is 445 g/mol. The van der Waals surface area contributed by atoms with Gasteiger partial charge in [0.1, 0.15) is 17.9 Å². The predicted molar refractivity (Wildman–Crippen MR) is 118 cm³/mol. The molecule has 32 heavy (non-hydrogen) atoms. The van der Waals surface area contributed by atoms with Crippen molar-refractivity contribution >= 4 is 34.7 Å². The van der Waals surface area contributed by atoms with E-state index in [1.807, 2.05) is 0 Å². The molecule has 0 aliphatic rings. The second-order valence-electron chi connectivity index (χ2n) is 7.13. The number of carbonyl (C=O) groups is 1. The molecule has 0 aliphatic carbocycles. The van der Waals surface area contributed by atoms with Gasteiger partial charge < -0.3 is 25.8 Å². The highest BCUT2D eigenvalue weighted by Crippen LogP contribution is 2.34. The fourth-order valence-electron chi connectivity index (χ4n) is 2.79. The zero-order valence-electron chi connectivity index (χ0n) is 17.2. The monoisotopic (exact) mass is 466 g/mol. The zero-order valence-corrected chi connectivity index (χ0v) is 18.0. The van der Waals surface area contributed by atoms with Crippen molar-refractivity contribution in [2.75, 3.05) is 23.4 Å². The summed E-state index contributed by atoms with van der Waals surface area (Å²) >= 11 is 5.37. The Labute approximate surface area is 188 Å². The van der Waals surface area contributed by atoms with Crippen molar-refractivity contribution in [1.82, 2.24) is 0 Å². The Morgan fingerprint density at radius 2 is 1.88 bits per heavy atom. The molecule has 7 nitrogen and oxygen atoms in total. The summed E-state index contributed by atoms with van der Waals surface area (Å²) in [6, 6.07) is 10.9. The van der Waals surface area contributed by atoms with Crippen LogP contribution < -0.4 is 20.7 Å². The van der Waals surface area contributed by atoms with E-state index in [0.29, 0.717) is 24.6 Å². The zero-order chi connectivity index (χ0) is 24.1. The minimum Gasteiger partial charge on any atom is -0.492 e. The summed E-state index contributed by atoms with van der Waals surface area (Å²) < 4.78 is 45.2. The van der Waals surface area contributed by atoms with Crippen LogP contribution in [0.5, 0.6) is 5.75 Å². The summed E-state index contributed by atoms with van der Waals surface area (Å²) in [5, 5.41) is 21.2. The molecule has 0 spiro atoms. The molecule has 2 aromatic rings. The molecule has 2 aromatic carbocycles. The highest BCUT2D eigenvalue weighted by molar-refractivity contribution is 7.80. The van der Waals surface area contributed by atoms with Gasteiger partial charge >= 0.3 is 12.1 Å². The lowest BCUT2D eigenvalue weighted by molar-refractivity contribution is -0.141. The van der Waals surface area contributed by atoms with Crippen molar-refractivity contribution in [3.8, 4) is 11.8 Å². The van der Waals surface area contributed by atoms with Gasteiger partial charge in [-0.15, -0.1) is 0 Å².